The molecular formula is C42H79NO. The third-order valence-corrected chi connectivity index (χ3v) is 8.65. The maximum atomic E-state index is 6.09. The molecule has 0 heterocycles. The summed E-state index contributed by atoms with van der Waals surface area (Å²) in [7, 11) is 2.08. The molecule has 0 aliphatic heterocycles. The highest BCUT2D eigenvalue weighted by Gasteiger charge is 2.08. The summed E-state index contributed by atoms with van der Waals surface area (Å²) in [5.74, 6) is 0.675. The predicted octanol–water partition coefficient (Wildman–Crippen LogP) is 13.6. The van der Waals surface area contributed by atoms with Gasteiger partial charge in [0.25, 0.3) is 0 Å². The molecule has 258 valence electrons. The fourth-order valence-electron chi connectivity index (χ4n) is 5.75. The Bertz CT molecular complexity index is 582. The lowest BCUT2D eigenvalue weighted by Crippen LogP contribution is -2.23. The smallest absolute Gasteiger partial charge is 0.0506 e. The third kappa shape index (κ3) is 37.1. The van der Waals surface area contributed by atoms with Crippen LogP contribution in [0.25, 0.3) is 0 Å². The molecule has 0 bridgehead atoms. The third-order valence-electron chi connectivity index (χ3n) is 8.65. The minimum absolute atomic E-state index is 0.675. The Hall–Kier alpha value is -1.12. The molecule has 0 amide bonds. The Morgan fingerprint density at radius 1 is 0.455 bits per heavy atom. The molecule has 2 heteroatoms. The fourth-order valence-corrected chi connectivity index (χ4v) is 5.75. The number of hydrogen-bond donors (Lipinski definition) is 1. The first-order valence-electron chi connectivity index (χ1n) is 19.7. The van der Waals surface area contributed by atoms with E-state index in [1.54, 1.807) is 0 Å². The highest BCUT2D eigenvalue weighted by atomic mass is 16.5. The maximum Gasteiger partial charge on any atom is 0.0506 e. The fraction of sp³-hybridized carbons (Fsp3) is 0.810. The zero-order valence-electron chi connectivity index (χ0n) is 30.3. The molecule has 1 atom stereocenters. The Kier molecular flexibility index (Phi) is 38.9. The molecule has 0 spiro atoms. The molecule has 0 rings (SSSR count). The molecule has 44 heavy (non-hydrogen) atoms. The molecule has 0 saturated heterocycles. The van der Waals surface area contributed by atoms with Gasteiger partial charge in [0.05, 0.1) is 6.61 Å². The molecule has 0 aliphatic carbocycles. The molecule has 0 fully saturated rings. The molecule has 0 aromatic carbocycles. The van der Waals surface area contributed by atoms with Gasteiger partial charge in [0.15, 0.2) is 0 Å². The lowest BCUT2D eigenvalue weighted by molar-refractivity contribution is 0.0922. The van der Waals surface area contributed by atoms with Crippen molar-refractivity contribution in [3.8, 4) is 0 Å². The van der Waals surface area contributed by atoms with Crippen molar-refractivity contribution >= 4 is 0 Å². The van der Waals surface area contributed by atoms with Crippen molar-refractivity contribution in [2.24, 2.45) is 5.92 Å². The molecule has 0 aromatic rings. The first-order valence-corrected chi connectivity index (χ1v) is 19.7. The van der Waals surface area contributed by atoms with E-state index in [-0.39, 0.29) is 0 Å². The highest BCUT2D eigenvalue weighted by Crippen LogP contribution is 2.15. The van der Waals surface area contributed by atoms with Gasteiger partial charge < -0.3 is 10.1 Å². The van der Waals surface area contributed by atoms with Crippen molar-refractivity contribution in [3.05, 3.63) is 48.6 Å². The molecule has 1 N–H and O–H groups in total. The monoisotopic (exact) mass is 614 g/mol. The number of hydrogen-bond acceptors (Lipinski definition) is 2. The van der Waals surface area contributed by atoms with Crippen molar-refractivity contribution in [2.45, 2.75) is 187 Å². The molecule has 0 saturated carbocycles. The molecule has 2 nitrogen and oxygen atoms in total. The Morgan fingerprint density at radius 3 is 1.27 bits per heavy atom. The summed E-state index contributed by atoms with van der Waals surface area (Å²) in [6.45, 7) is 7.51. The lowest BCUT2D eigenvalue weighted by Gasteiger charge is -2.16. The summed E-state index contributed by atoms with van der Waals surface area (Å²) in [6.07, 6.45) is 54.6. The van der Waals surface area contributed by atoms with Crippen LogP contribution in [0.4, 0.5) is 0 Å². The van der Waals surface area contributed by atoms with Crippen LogP contribution >= 0.6 is 0 Å². The summed E-state index contributed by atoms with van der Waals surface area (Å²) in [5.41, 5.74) is 0. The van der Waals surface area contributed by atoms with Crippen molar-refractivity contribution in [1.29, 1.82) is 0 Å². The molecular weight excluding hydrogens is 534 g/mol. The number of nitrogens with one attached hydrogen (secondary N) is 1. The van der Waals surface area contributed by atoms with Crippen molar-refractivity contribution < 1.29 is 4.74 Å². The van der Waals surface area contributed by atoms with E-state index in [4.69, 9.17) is 4.74 Å². The minimum Gasteiger partial charge on any atom is -0.381 e. The summed E-state index contributed by atoms with van der Waals surface area (Å²) < 4.78 is 6.09. The SMILES string of the molecule is CCCCC/C=C\C/C=C\CCCCCCCCCCC(CNC)COCCCCCCCC/C=C\C/C=C\CCCCC. The second-order valence-corrected chi connectivity index (χ2v) is 13.2. The van der Waals surface area contributed by atoms with Crippen molar-refractivity contribution in [1.82, 2.24) is 5.32 Å². The van der Waals surface area contributed by atoms with E-state index in [0.29, 0.717) is 5.92 Å². The van der Waals surface area contributed by atoms with E-state index >= 15 is 0 Å². The number of rotatable bonds is 36. The van der Waals surface area contributed by atoms with E-state index in [1.165, 1.54) is 161 Å². The quantitative estimate of drug-likeness (QED) is 0.0560. The van der Waals surface area contributed by atoms with Gasteiger partial charge >= 0.3 is 0 Å². The van der Waals surface area contributed by atoms with Gasteiger partial charge in [-0.3, -0.25) is 0 Å². The van der Waals surface area contributed by atoms with Crippen LogP contribution in [-0.4, -0.2) is 26.8 Å². The largest absolute Gasteiger partial charge is 0.381 e. The number of unbranched alkanes of at least 4 members (excludes halogenated alkanes) is 20. The molecule has 0 radical (unpaired) electrons. The van der Waals surface area contributed by atoms with E-state index in [0.717, 1.165) is 32.6 Å². The molecule has 0 aromatic heterocycles. The van der Waals surface area contributed by atoms with E-state index in [9.17, 15) is 0 Å². The van der Waals surface area contributed by atoms with Crippen LogP contribution in [0.15, 0.2) is 48.6 Å². The summed E-state index contributed by atoms with van der Waals surface area (Å²) in [4.78, 5) is 0. The van der Waals surface area contributed by atoms with Gasteiger partial charge in [-0.2, -0.15) is 0 Å². The first kappa shape index (κ1) is 42.9. The number of ether oxygens (including phenoxy) is 1. The van der Waals surface area contributed by atoms with Crippen LogP contribution in [0.1, 0.15) is 187 Å². The normalized spacial score (nSPS) is 13.1. The summed E-state index contributed by atoms with van der Waals surface area (Å²) in [6, 6.07) is 0. The first-order chi connectivity index (χ1) is 21.8. The van der Waals surface area contributed by atoms with E-state index in [1.807, 2.05) is 0 Å². The Morgan fingerprint density at radius 2 is 0.841 bits per heavy atom. The van der Waals surface area contributed by atoms with Gasteiger partial charge in [-0.15, -0.1) is 0 Å². The predicted molar refractivity (Wildman–Crippen MR) is 201 cm³/mol. The summed E-state index contributed by atoms with van der Waals surface area (Å²) in [5, 5.41) is 3.39. The number of allylic oxidation sites excluding steroid dienone is 8. The summed E-state index contributed by atoms with van der Waals surface area (Å²) >= 11 is 0. The van der Waals surface area contributed by atoms with Crippen molar-refractivity contribution in [3.63, 3.8) is 0 Å². The van der Waals surface area contributed by atoms with Crippen LogP contribution in [0, 0.1) is 5.92 Å². The van der Waals surface area contributed by atoms with Gasteiger partial charge in [0, 0.05) is 6.61 Å². The standard InChI is InChI=1S/C42H79NO/c1-4-6-8-10-12-14-16-18-20-22-23-24-26-28-30-32-34-36-38-42(40-43-3)41-44-39-37-35-33-31-29-27-25-21-19-17-15-13-11-9-7-5-2/h12-15,18-21,42-43H,4-11,16-17,22-41H2,1-3H3/b14-12-,15-13-,20-18-,21-19-. The van der Waals surface area contributed by atoms with Crippen LogP contribution < -0.4 is 5.32 Å². The second-order valence-electron chi connectivity index (χ2n) is 13.2. The zero-order valence-corrected chi connectivity index (χ0v) is 30.3. The highest BCUT2D eigenvalue weighted by molar-refractivity contribution is 4.93. The van der Waals surface area contributed by atoms with Gasteiger partial charge in [0.1, 0.15) is 0 Å². The van der Waals surface area contributed by atoms with Gasteiger partial charge in [-0.25, -0.2) is 0 Å². The van der Waals surface area contributed by atoms with E-state index in [2.05, 4.69) is 74.8 Å². The van der Waals surface area contributed by atoms with Crippen LogP contribution in [0.2, 0.25) is 0 Å². The van der Waals surface area contributed by atoms with Gasteiger partial charge in [-0.1, -0.05) is 159 Å². The molecule has 1 unspecified atom stereocenters. The van der Waals surface area contributed by atoms with Crippen LogP contribution in [0.3, 0.4) is 0 Å². The lowest BCUT2D eigenvalue weighted by atomic mass is 10.0. The minimum atomic E-state index is 0.675. The topological polar surface area (TPSA) is 21.3 Å². The average molecular weight is 614 g/mol. The van der Waals surface area contributed by atoms with E-state index < -0.39 is 0 Å². The van der Waals surface area contributed by atoms with Crippen LogP contribution in [0.5, 0.6) is 0 Å². The van der Waals surface area contributed by atoms with Crippen LogP contribution in [-0.2, 0) is 4.74 Å². The van der Waals surface area contributed by atoms with Gasteiger partial charge in [0.2, 0.25) is 0 Å². The zero-order chi connectivity index (χ0) is 31.9. The van der Waals surface area contributed by atoms with Gasteiger partial charge in [-0.05, 0) is 96.6 Å². The van der Waals surface area contributed by atoms with Crippen molar-refractivity contribution in [2.75, 3.05) is 26.8 Å². The Labute approximate surface area is 278 Å². The average Bonchev–Trinajstić information content (AvgIpc) is 3.03. The Balaban J connectivity index is 3.47. The maximum absolute atomic E-state index is 6.09. The second kappa shape index (κ2) is 39.9. The molecule has 0 aliphatic rings.